The van der Waals surface area contributed by atoms with Crippen LogP contribution in [-0.2, 0) is 0 Å². The number of hydrogen-bond acceptors (Lipinski definition) is 2. The second-order valence-electron chi connectivity index (χ2n) is 2.77. The molecule has 0 aliphatic carbocycles. The highest BCUT2D eigenvalue weighted by molar-refractivity contribution is 4.93. The van der Waals surface area contributed by atoms with Crippen molar-refractivity contribution in [2.45, 2.75) is 25.8 Å². The standard InChI is InChI=1S/C7H12N2/c1-6-2-3-9-7(4-6)5-8/h6-7,9H,2-4H2,1H3/t6-,7-/m0/s1. The molecule has 0 spiro atoms. The molecular weight excluding hydrogens is 112 g/mol. The molecule has 9 heavy (non-hydrogen) atoms. The number of nitrogens with zero attached hydrogens (tertiary/aromatic N) is 1. The first-order chi connectivity index (χ1) is 4.33. The van der Waals surface area contributed by atoms with Gasteiger partial charge in [-0.1, -0.05) is 6.92 Å². The van der Waals surface area contributed by atoms with E-state index in [1.54, 1.807) is 0 Å². The third-order valence-electron chi connectivity index (χ3n) is 1.82. The molecule has 1 N–H and O–H groups in total. The summed E-state index contributed by atoms with van der Waals surface area (Å²) in [4.78, 5) is 0. The van der Waals surface area contributed by atoms with E-state index in [0.29, 0.717) is 0 Å². The molecule has 50 valence electrons. The number of piperidine rings is 1. The van der Waals surface area contributed by atoms with E-state index in [4.69, 9.17) is 5.26 Å². The molecule has 2 heteroatoms. The van der Waals surface area contributed by atoms with Gasteiger partial charge in [0, 0.05) is 0 Å². The van der Waals surface area contributed by atoms with Crippen LogP contribution >= 0.6 is 0 Å². The highest BCUT2D eigenvalue weighted by atomic mass is 14.9. The summed E-state index contributed by atoms with van der Waals surface area (Å²) < 4.78 is 0. The summed E-state index contributed by atoms with van der Waals surface area (Å²) in [6.45, 7) is 3.21. The molecule has 2 nitrogen and oxygen atoms in total. The first-order valence-corrected chi connectivity index (χ1v) is 3.46. The Kier molecular flexibility index (Phi) is 2.07. The Bertz CT molecular complexity index is 125. The van der Waals surface area contributed by atoms with Crippen LogP contribution in [-0.4, -0.2) is 12.6 Å². The first-order valence-electron chi connectivity index (χ1n) is 3.46. The second kappa shape index (κ2) is 2.84. The van der Waals surface area contributed by atoms with Crippen LogP contribution in [0.4, 0.5) is 0 Å². The lowest BCUT2D eigenvalue weighted by atomic mass is 9.95. The highest BCUT2D eigenvalue weighted by Crippen LogP contribution is 2.13. The molecular formula is C7H12N2. The van der Waals surface area contributed by atoms with Gasteiger partial charge in [0.25, 0.3) is 0 Å². The van der Waals surface area contributed by atoms with Crippen LogP contribution in [0.2, 0.25) is 0 Å². The largest absolute Gasteiger partial charge is 0.302 e. The van der Waals surface area contributed by atoms with Gasteiger partial charge in [-0.15, -0.1) is 0 Å². The van der Waals surface area contributed by atoms with Gasteiger partial charge < -0.3 is 5.32 Å². The fraction of sp³-hybridized carbons (Fsp3) is 0.857. The number of nitriles is 1. The van der Waals surface area contributed by atoms with Crippen molar-refractivity contribution in [2.75, 3.05) is 6.54 Å². The van der Waals surface area contributed by atoms with Crippen molar-refractivity contribution in [1.29, 1.82) is 5.26 Å². The molecule has 1 fully saturated rings. The molecule has 0 saturated carbocycles. The minimum atomic E-state index is 0.119. The second-order valence-corrected chi connectivity index (χ2v) is 2.77. The van der Waals surface area contributed by atoms with Gasteiger partial charge in [-0.2, -0.15) is 5.26 Å². The van der Waals surface area contributed by atoms with Crippen LogP contribution in [0.5, 0.6) is 0 Å². The van der Waals surface area contributed by atoms with Crippen molar-refractivity contribution in [3.05, 3.63) is 0 Å². The fourth-order valence-electron chi connectivity index (χ4n) is 1.21. The van der Waals surface area contributed by atoms with E-state index in [9.17, 15) is 0 Å². The zero-order valence-electron chi connectivity index (χ0n) is 5.72. The van der Waals surface area contributed by atoms with Crippen molar-refractivity contribution in [3.63, 3.8) is 0 Å². The number of nitrogens with one attached hydrogen (secondary N) is 1. The van der Waals surface area contributed by atoms with E-state index in [2.05, 4.69) is 18.3 Å². The Morgan fingerprint density at radius 2 is 2.44 bits per heavy atom. The average molecular weight is 124 g/mol. The van der Waals surface area contributed by atoms with E-state index in [1.807, 2.05) is 0 Å². The normalized spacial score (nSPS) is 35.6. The third kappa shape index (κ3) is 1.69. The molecule has 0 aromatic rings. The van der Waals surface area contributed by atoms with E-state index in [-0.39, 0.29) is 6.04 Å². The third-order valence-corrected chi connectivity index (χ3v) is 1.82. The average Bonchev–Trinajstić information content (AvgIpc) is 1.88. The van der Waals surface area contributed by atoms with Gasteiger partial charge in [0.05, 0.1) is 12.1 Å². The lowest BCUT2D eigenvalue weighted by Crippen LogP contribution is -2.35. The Balaban J connectivity index is 2.34. The molecule has 0 aromatic carbocycles. The van der Waals surface area contributed by atoms with Crippen molar-refractivity contribution in [1.82, 2.24) is 5.32 Å². The highest BCUT2D eigenvalue weighted by Gasteiger charge is 2.16. The van der Waals surface area contributed by atoms with Crippen molar-refractivity contribution in [3.8, 4) is 6.07 Å². The predicted octanol–water partition coefficient (Wildman–Crippen LogP) is 0.898. The molecule has 2 atom stereocenters. The van der Waals surface area contributed by atoms with Gasteiger partial charge in [-0.25, -0.2) is 0 Å². The maximum absolute atomic E-state index is 8.50. The Labute approximate surface area is 55.9 Å². The van der Waals surface area contributed by atoms with Gasteiger partial charge in [-0.05, 0) is 25.3 Å². The molecule has 0 unspecified atom stereocenters. The minimum absolute atomic E-state index is 0.119. The molecule has 1 rings (SSSR count). The molecule has 1 aliphatic heterocycles. The summed E-state index contributed by atoms with van der Waals surface area (Å²) in [6.07, 6.45) is 2.24. The van der Waals surface area contributed by atoms with Crippen LogP contribution in [0.25, 0.3) is 0 Å². The maximum Gasteiger partial charge on any atom is 0.0955 e. The first kappa shape index (κ1) is 6.57. The summed E-state index contributed by atoms with van der Waals surface area (Å²) in [7, 11) is 0. The SMILES string of the molecule is C[C@H]1CCN[C@H](C#N)C1. The molecule has 1 saturated heterocycles. The summed E-state index contributed by atoms with van der Waals surface area (Å²) in [5.41, 5.74) is 0. The van der Waals surface area contributed by atoms with E-state index < -0.39 is 0 Å². The predicted molar refractivity (Wildman–Crippen MR) is 35.8 cm³/mol. The van der Waals surface area contributed by atoms with E-state index >= 15 is 0 Å². The lowest BCUT2D eigenvalue weighted by Gasteiger charge is -2.22. The van der Waals surface area contributed by atoms with Crippen molar-refractivity contribution in [2.24, 2.45) is 5.92 Å². The van der Waals surface area contributed by atoms with Crippen molar-refractivity contribution < 1.29 is 0 Å². The van der Waals surface area contributed by atoms with Gasteiger partial charge >= 0.3 is 0 Å². The monoisotopic (exact) mass is 124 g/mol. The van der Waals surface area contributed by atoms with Gasteiger partial charge in [0.2, 0.25) is 0 Å². The Morgan fingerprint density at radius 3 is 2.89 bits per heavy atom. The quantitative estimate of drug-likeness (QED) is 0.520. The summed E-state index contributed by atoms with van der Waals surface area (Å²) in [6, 6.07) is 2.34. The summed E-state index contributed by atoms with van der Waals surface area (Å²) >= 11 is 0. The van der Waals surface area contributed by atoms with Crippen LogP contribution in [0.15, 0.2) is 0 Å². The van der Waals surface area contributed by atoms with Crippen LogP contribution in [0, 0.1) is 17.2 Å². The molecule has 1 heterocycles. The van der Waals surface area contributed by atoms with Gasteiger partial charge in [-0.3, -0.25) is 0 Å². The van der Waals surface area contributed by atoms with Gasteiger partial charge in [0.1, 0.15) is 0 Å². The maximum atomic E-state index is 8.50. The van der Waals surface area contributed by atoms with E-state index in [0.717, 1.165) is 18.9 Å². The number of rotatable bonds is 0. The zero-order chi connectivity index (χ0) is 6.69. The van der Waals surface area contributed by atoms with E-state index in [1.165, 1.54) is 6.42 Å². The zero-order valence-corrected chi connectivity index (χ0v) is 5.72. The van der Waals surface area contributed by atoms with Gasteiger partial charge in [0.15, 0.2) is 0 Å². The summed E-state index contributed by atoms with van der Waals surface area (Å²) in [5, 5.41) is 11.6. The fourth-order valence-corrected chi connectivity index (χ4v) is 1.21. The van der Waals surface area contributed by atoms with Crippen LogP contribution in [0.1, 0.15) is 19.8 Å². The van der Waals surface area contributed by atoms with Crippen LogP contribution in [0.3, 0.4) is 0 Å². The smallest absolute Gasteiger partial charge is 0.0955 e. The summed E-state index contributed by atoms with van der Waals surface area (Å²) in [5.74, 6) is 0.732. The molecule has 0 amide bonds. The number of hydrogen-bond donors (Lipinski definition) is 1. The van der Waals surface area contributed by atoms with Crippen molar-refractivity contribution >= 4 is 0 Å². The Hall–Kier alpha value is -0.550. The lowest BCUT2D eigenvalue weighted by molar-refractivity contribution is 0.361. The molecule has 0 radical (unpaired) electrons. The van der Waals surface area contributed by atoms with Crippen LogP contribution < -0.4 is 5.32 Å². The Morgan fingerprint density at radius 1 is 1.67 bits per heavy atom. The molecule has 1 aliphatic rings. The minimum Gasteiger partial charge on any atom is -0.302 e. The molecule has 0 bridgehead atoms. The molecule has 0 aromatic heterocycles. The topological polar surface area (TPSA) is 35.8 Å².